The molecule has 42 heavy (non-hydrogen) atoms. The topological polar surface area (TPSA) is 80.5 Å². The van der Waals surface area contributed by atoms with Gasteiger partial charge in [0.1, 0.15) is 29.7 Å². The number of carboxylic acid groups (broad SMARTS) is 1. The molecule has 0 unspecified atom stereocenters. The van der Waals surface area contributed by atoms with E-state index in [0.717, 1.165) is 78.7 Å². The summed E-state index contributed by atoms with van der Waals surface area (Å²) in [7, 11) is 0. The van der Waals surface area contributed by atoms with Gasteiger partial charge in [0.2, 0.25) is 0 Å². The number of hydrogen-bond donors (Lipinski definition) is 1. The van der Waals surface area contributed by atoms with Crippen LogP contribution >= 0.6 is 0 Å². The van der Waals surface area contributed by atoms with E-state index in [4.69, 9.17) is 9.72 Å². The van der Waals surface area contributed by atoms with Crippen LogP contribution in [0, 0.1) is 24.6 Å². The second-order valence-electron chi connectivity index (χ2n) is 12.1. The summed E-state index contributed by atoms with van der Waals surface area (Å²) in [6.45, 7) is 5.86. The molecule has 2 fully saturated rings. The van der Waals surface area contributed by atoms with E-state index < -0.39 is 11.9 Å². The third-order valence-electron chi connectivity index (χ3n) is 8.94. The molecule has 8 heteroatoms. The molecule has 2 aromatic carbocycles. The van der Waals surface area contributed by atoms with Crippen LogP contribution in [0.25, 0.3) is 11.0 Å². The molecule has 7 nitrogen and oxygen atoms in total. The van der Waals surface area contributed by atoms with Gasteiger partial charge in [-0.25, -0.2) is 14.1 Å². The number of imidazole rings is 1. The molecule has 2 aromatic heterocycles. The number of piperidine rings is 1. The van der Waals surface area contributed by atoms with Crippen LogP contribution in [0.5, 0.6) is 5.75 Å². The number of nitrogens with zero attached hydrogens (tertiary/aromatic N) is 4. The maximum absolute atomic E-state index is 14.6. The summed E-state index contributed by atoms with van der Waals surface area (Å²) >= 11 is 0. The zero-order chi connectivity index (χ0) is 29.2. The number of halogens is 1. The number of pyridine rings is 1. The van der Waals surface area contributed by atoms with Crippen LogP contribution in [0.2, 0.25) is 0 Å². The van der Waals surface area contributed by atoms with Crippen LogP contribution in [0.3, 0.4) is 0 Å². The molecule has 1 saturated carbocycles. The van der Waals surface area contributed by atoms with Gasteiger partial charge < -0.3 is 14.9 Å². The third kappa shape index (κ3) is 5.85. The predicted molar refractivity (Wildman–Crippen MR) is 161 cm³/mol. The second-order valence-corrected chi connectivity index (χ2v) is 12.1. The van der Waals surface area contributed by atoms with Crippen LogP contribution in [0.4, 0.5) is 4.39 Å². The van der Waals surface area contributed by atoms with Crippen molar-refractivity contribution < 1.29 is 19.0 Å². The molecule has 1 saturated heterocycles. The zero-order valence-corrected chi connectivity index (χ0v) is 24.4. The minimum Gasteiger partial charge on any atom is -0.487 e. The first kappa shape index (κ1) is 28.2. The lowest BCUT2D eigenvalue weighted by Gasteiger charge is -2.36. The molecule has 2 aliphatic rings. The number of aryl methyl sites for hydroxylation is 1. The lowest BCUT2D eigenvalue weighted by Crippen LogP contribution is -2.43. The first-order chi connectivity index (χ1) is 20.4. The lowest BCUT2D eigenvalue weighted by molar-refractivity contribution is -0.143. The Kier molecular flexibility index (Phi) is 8.13. The number of aromatic nitrogens is 3. The molecule has 220 valence electrons. The van der Waals surface area contributed by atoms with Gasteiger partial charge in [0.15, 0.2) is 0 Å². The number of aliphatic carboxylic acids is 1. The number of ether oxygens (including phenoxy) is 1. The highest BCUT2D eigenvalue weighted by Crippen LogP contribution is 2.40. The summed E-state index contributed by atoms with van der Waals surface area (Å²) in [5.74, 6) is 0.352. The van der Waals surface area contributed by atoms with E-state index in [1.54, 1.807) is 6.20 Å². The van der Waals surface area contributed by atoms with Gasteiger partial charge in [-0.2, -0.15) is 0 Å². The standard InChI is InChI=1S/C34H39FN4O3/c1-22-12-14-38(15-13-22)39-31-19-26(42-21-30-29(35)16-23(2)20-36-30)18-25(17-24-8-4-3-5-9-24)32(31)37-33(39)27-10-6-7-11-28(27)34(40)41/h3-5,8-9,16,18-20,22,27-28H,6-7,10-15,17,21H2,1-2H3,(H,40,41)/t27-,28+/m1/s1. The summed E-state index contributed by atoms with van der Waals surface area (Å²) in [5.41, 5.74) is 4.95. The Bertz CT molecular complexity index is 1560. The molecule has 0 spiro atoms. The van der Waals surface area contributed by atoms with E-state index in [-0.39, 0.29) is 24.0 Å². The molecule has 0 bridgehead atoms. The first-order valence-corrected chi connectivity index (χ1v) is 15.2. The molecule has 1 aliphatic carbocycles. The smallest absolute Gasteiger partial charge is 0.307 e. The summed E-state index contributed by atoms with van der Waals surface area (Å²) < 4.78 is 23.0. The van der Waals surface area contributed by atoms with Crippen molar-refractivity contribution in [3.05, 3.63) is 88.8 Å². The highest BCUT2D eigenvalue weighted by atomic mass is 19.1. The largest absolute Gasteiger partial charge is 0.487 e. The SMILES string of the molecule is Cc1cnc(COc2cc(Cc3ccccc3)c3nc([C@@H]4CCCC[C@@H]4C(=O)O)n(N4CCC(C)CC4)c3c2)c(F)c1. The number of hydrogen-bond acceptors (Lipinski definition) is 5. The van der Waals surface area contributed by atoms with Gasteiger partial charge in [-0.15, -0.1) is 0 Å². The summed E-state index contributed by atoms with van der Waals surface area (Å²) in [4.78, 5) is 21.9. The number of carboxylic acids is 1. The molecule has 3 heterocycles. The van der Waals surface area contributed by atoms with Crippen molar-refractivity contribution in [3.8, 4) is 5.75 Å². The van der Waals surface area contributed by atoms with E-state index in [9.17, 15) is 14.3 Å². The zero-order valence-electron chi connectivity index (χ0n) is 24.4. The minimum absolute atomic E-state index is 0.00827. The molecular weight excluding hydrogens is 531 g/mol. The van der Waals surface area contributed by atoms with Crippen LogP contribution in [-0.2, 0) is 17.8 Å². The normalized spacial score (nSPS) is 19.7. The molecule has 1 aliphatic heterocycles. The highest BCUT2D eigenvalue weighted by Gasteiger charge is 2.37. The average Bonchev–Trinajstić information content (AvgIpc) is 3.37. The predicted octanol–water partition coefficient (Wildman–Crippen LogP) is 6.77. The summed E-state index contributed by atoms with van der Waals surface area (Å²) in [6, 6.07) is 15.7. The van der Waals surface area contributed by atoms with E-state index >= 15 is 0 Å². The van der Waals surface area contributed by atoms with Crippen LogP contribution < -0.4 is 9.75 Å². The molecule has 6 rings (SSSR count). The average molecular weight is 571 g/mol. The maximum Gasteiger partial charge on any atom is 0.307 e. The van der Waals surface area contributed by atoms with Gasteiger partial charge in [0.25, 0.3) is 0 Å². The van der Waals surface area contributed by atoms with Gasteiger partial charge in [-0.1, -0.05) is 50.1 Å². The quantitative estimate of drug-likeness (QED) is 0.252. The van der Waals surface area contributed by atoms with E-state index in [0.29, 0.717) is 24.5 Å². The van der Waals surface area contributed by atoms with Crippen molar-refractivity contribution in [2.45, 2.75) is 71.3 Å². The van der Waals surface area contributed by atoms with Gasteiger partial charge >= 0.3 is 5.97 Å². The molecule has 4 aromatic rings. The number of rotatable bonds is 8. The first-order valence-electron chi connectivity index (χ1n) is 15.2. The Morgan fingerprint density at radius 2 is 1.83 bits per heavy atom. The minimum atomic E-state index is -0.744. The monoisotopic (exact) mass is 570 g/mol. The Morgan fingerprint density at radius 3 is 2.57 bits per heavy atom. The maximum atomic E-state index is 14.6. The van der Waals surface area contributed by atoms with Crippen molar-refractivity contribution in [3.63, 3.8) is 0 Å². The Balaban J connectivity index is 1.48. The molecule has 1 N–H and O–H groups in total. The molecule has 0 amide bonds. The highest BCUT2D eigenvalue weighted by molar-refractivity contribution is 5.83. The number of benzene rings is 2. The molecule has 0 radical (unpaired) electrons. The summed E-state index contributed by atoms with van der Waals surface area (Å²) in [5, 5.41) is 12.5. The van der Waals surface area contributed by atoms with Crippen LogP contribution in [0.15, 0.2) is 54.7 Å². The van der Waals surface area contributed by atoms with Crippen molar-refractivity contribution in [1.82, 2.24) is 14.6 Å². The number of carbonyl (C=O) groups is 1. The van der Waals surface area contributed by atoms with Crippen LogP contribution in [0.1, 0.15) is 79.6 Å². The fourth-order valence-electron chi connectivity index (χ4n) is 6.55. The molecule has 2 atom stereocenters. The van der Waals surface area contributed by atoms with Crippen molar-refractivity contribution in [1.29, 1.82) is 0 Å². The van der Waals surface area contributed by atoms with E-state index in [1.807, 2.05) is 37.3 Å². The van der Waals surface area contributed by atoms with E-state index in [1.165, 1.54) is 6.07 Å². The Hall–Kier alpha value is -3.94. The molecular formula is C34H39FN4O3. The van der Waals surface area contributed by atoms with Gasteiger partial charge in [-0.05, 0) is 73.8 Å². The van der Waals surface area contributed by atoms with Crippen molar-refractivity contribution in [2.24, 2.45) is 11.8 Å². The fourth-order valence-corrected chi connectivity index (χ4v) is 6.55. The third-order valence-corrected chi connectivity index (χ3v) is 8.94. The Morgan fingerprint density at radius 1 is 1.07 bits per heavy atom. The van der Waals surface area contributed by atoms with Gasteiger partial charge in [0, 0.05) is 31.3 Å². The van der Waals surface area contributed by atoms with Gasteiger partial charge in [-0.3, -0.25) is 9.78 Å². The Labute approximate surface area is 246 Å². The van der Waals surface area contributed by atoms with Crippen molar-refractivity contribution >= 4 is 17.0 Å². The second kappa shape index (κ2) is 12.1. The van der Waals surface area contributed by atoms with Gasteiger partial charge in [0.05, 0.1) is 17.0 Å². The van der Waals surface area contributed by atoms with Crippen molar-refractivity contribution in [2.75, 3.05) is 18.1 Å². The summed E-state index contributed by atoms with van der Waals surface area (Å²) in [6.07, 6.45) is 7.82. The van der Waals surface area contributed by atoms with Crippen LogP contribution in [-0.4, -0.2) is 38.8 Å². The van der Waals surface area contributed by atoms with E-state index in [2.05, 4.69) is 33.7 Å². The lowest BCUT2D eigenvalue weighted by atomic mass is 9.79. The fraction of sp³-hybridized carbons (Fsp3) is 0.441. The number of fused-ring (bicyclic) bond motifs is 1.